The smallest absolute Gasteiger partial charge is 0.189 e. The van der Waals surface area contributed by atoms with Crippen LogP contribution in [0.3, 0.4) is 0 Å². The standard InChI is InChI=1S/C40H18N8.2C38H20N6/c1-43-27-6-4-5-26(17-27)40-38(47-34-15-24(20-41)7-11-30(34)31-12-8-25(21-42)16-35(31)47)22-46-23-39(40)48-36-18-28(44-2)9-13-32(36)33-14-10-29(45-3)19-37(33)48;39-19-24-6-5-7-27(16-24)38-36(43-32-10-3-1-8-28(32)30-17-25(20-40)12-14-34(30)43)22-42-23-37(38)44-33-11-4-2-9-29(33)31-18-26(21-41)13-15-35(31)44;39-19-24-6-5-7-27(16-24)38-36(43-32-10-3-1-8-28(32)30-14-12-25(20-40)17-34(30)43)22-42-23-37(38)44-33-11-4-2-9-29(33)31-15-13-26(21-41)18-35(31)44/h4-19,22-23H;2*1-18,22-23H. The van der Waals surface area contributed by atoms with E-state index in [4.69, 9.17) is 34.7 Å². The quantitative estimate of drug-likeness (QED) is 0.123. The van der Waals surface area contributed by atoms with E-state index >= 15 is 0 Å². The molecule has 24 rings (SSSR count). The van der Waals surface area contributed by atoms with E-state index in [1.807, 2.05) is 258 Å². The van der Waals surface area contributed by atoms with Gasteiger partial charge in [0.15, 0.2) is 17.1 Å². The molecule has 0 unspecified atom stereocenters. The molecule has 15 aromatic carbocycles. The monoisotopic (exact) mass is 1730 g/mol. The van der Waals surface area contributed by atoms with Gasteiger partial charge < -0.3 is 27.4 Å². The van der Waals surface area contributed by atoms with Crippen LogP contribution in [0, 0.1) is 110 Å². The third kappa shape index (κ3) is 13.1. The van der Waals surface area contributed by atoms with Gasteiger partial charge in [0.05, 0.1) is 239 Å². The summed E-state index contributed by atoms with van der Waals surface area (Å²) in [5.41, 5.74) is 26.0. The molecule has 0 radical (unpaired) electrons. The van der Waals surface area contributed by atoms with Gasteiger partial charge >= 0.3 is 0 Å². The summed E-state index contributed by atoms with van der Waals surface area (Å²) in [6, 6.07) is 119. The second-order valence-corrected chi connectivity index (χ2v) is 32.5. The van der Waals surface area contributed by atoms with E-state index in [-0.39, 0.29) is 0 Å². The molecule has 0 aliphatic carbocycles. The number of hydrogen-bond donors (Lipinski definition) is 0. The Labute approximate surface area is 774 Å². The second kappa shape index (κ2) is 33.0. The molecule has 136 heavy (non-hydrogen) atoms. The fourth-order valence-corrected chi connectivity index (χ4v) is 19.5. The molecule has 0 saturated heterocycles. The molecule has 0 spiro atoms. The van der Waals surface area contributed by atoms with Crippen LogP contribution in [0.4, 0.5) is 17.1 Å². The highest BCUT2D eigenvalue weighted by Crippen LogP contribution is 2.49. The molecule has 9 heterocycles. The number of nitriles is 8. The number of hydrogen-bond acceptors (Lipinski definition) is 11. The van der Waals surface area contributed by atoms with Crippen LogP contribution in [0.2, 0.25) is 0 Å². The van der Waals surface area contributed by atoms with E-state index in [2.05, 4.69) is 130 Å². The number of pyridine rings is 3. The molecule has 0 N–H and O–H groups in total. The van der Waals surface area contributed by atoms with Crippen LogP contribution in [-0.4, -0.2) is 42.4 Å². The number of nitrogens with zero attached hydrogens (tertiary/aromatic N) is 20. The van der Waals surface area contributed by atoms with Crippen molar-refractivity contribution in [1.82, 2.24) is 42.4 Å². The van der Waals surface area contributed by atoms with E-state index in [1.54, 1.807) is 54.9 Å². The molecule has 0 bridgehead atoms. The van der Waals surface area contributed by atoms with Crippen LogP contribution in [-0.2, 0) is 0 Å². The first-order valence-electron chi connectivity index (χ1n) is 42.9. The third-order valence-electron chi connectivity index (χ3n) is 25.2. The zero-order valence-electron chi connectivity index (χ0n) is 71.4. The lowest BCUT2D eigenvalue weighted by Gasteiger charge is -2.20. The Hall–Kier alpha value is -21.1. The Morgan fingerprint density at radius 3 is 0.713 bits per heavy atom. The average Bonchev–Trinajstić information content (AvgIpc) is 1.56. The molecule has 0 aliphatic rings. The van der Waals surface area contributed by atoms with Crippen molar-refractivity contribution in [3.8, 4) is 116 Å². The summed E-state index contributed by atoms with van der Waals surface area (Å²) in [5.74, 6) is 0. The average molecular weight is 1730 g/mol. The van der Waals surface area contributed by atoms with E-state index in [9.17, 15) is 42.1 Å². The third-order valence-corrected chi connectivity index (χ3v) is 25.2. The van der Waals surface area contributed by atoms with Crippen LogP contribution in [0.25, 0.3) is 213 Å². The summed E-state index contributed by atoms with van der Waals surface area (Å²) in [4.78, 5) is 25.5. The summed E-state index contributed by atoms with van der Waals surface area (Å²) >= 11 is 0. The number of para-hydroxylation sites is 4. The van der Waals surface area contributed by atoms with Gasteiger partial charge in [-0.15, -0.1) is 0 Å². The highest BCUT2D eigenvalue weighted by atomic mass is 15.1. The maximum Gasteiger partial charge on any atom is 0.189 e. The number of fused-ring (bicyclic) bond motifs is 18. The van der Waals surface area contributed by atoms with E-state index in [0.29, 0.717) is 72.9 Å². The molecule has 20 nitrogen and oxygen atoms in total. The first-order valence-corrected chi connectivity index (χ1v) is 42.9. The lowest BCUT2D eigenvalue weighted by molar-refractivity contribution is 1.09. The van der Waals surface area contributed by atoms with Crippen LogP contribution in [0.15, 0.2) is 353 Å². The van der Waals surface area contributed by atoms with Gasteiger partial charge in [0, 0.05) is 92.4 Å². The molecule has 0 aliphatic heterocycles. The molecule has 0 fully saturated rings. The predicted octanol–water partition coefficient (Wildman–Crippen LogP) is 27.5. The van der Waals surface area contributed by atoms with Gasteiger partial charge in [-0.3, -0.25) is 15.0 Å². The molecule has 622 valence electrons. The fraction of sp³-hybridized carbons (Fsp3) is 0. The van der Waals surface area contributed by atoms with Gasteiger partial charge in [-0.25, -0.2) is 14.5 Å². The van der Waals surface area contributed by atoms with Gasteiger partial charge in [0.1, 0.15) is 0 Å². The van der Waals surface area contributed by atoms with Gasteiger partial charge in [-0.05, 0) is 168 Å². The molecule has 9 aromatic heterocycles. The Kier molecular flexibility index (Phi) is 19.6. The summed E-state index contributed by atoms with van der Waals surface area (Å²) in [6.07, 6.45) is 10.9. The lowest BCUT2D eigenvalue weighted by atomic mass is 10.0. The minimum atomic E-state index is 0.453. The van der Waals surface area contributed by atoms with Crippen LogP contribution in [0.1, 0.15) is 44.5 Å². The fourth-order valence-electron chi connectivity index (χ4n) is 19.5. The lowest BCUT2D eigenvalue weighted by Crippen LogP contribution is -2.05. The Balaban J connectivity index is 0.000000118. The molecular formula is C116H58N20. The van der Waals surface area contributed by atoms with Crippen LogP contribution < -0.4 is 0 Å². The normalized spacial score (nSPS) is 11.0. The zero-order valence-corrected chi connectivity index (χ0v) is 71.4. The van der Waals surface area contributed by atoms with E-state index in [1.165, 1.54) is 0 Å². The summed E-state index contributed by atoms with van der Waals surface area (Å²) < 4.78 is 12.7. The van der Waals surface area contributed by atoms with Crippen molar-refractivity contribution < 1.29 is 0 Å². The number of rotatable bonds is 9. The Bertz CT molecular complexity index is 9280. The van der Waals surface area contributed by atoms with Gasteiger partial charge in [-0.1, -0.05) is 164 Å². The van der Waals surface area contributed by atoms with Gasteiger partial charge in [-0.2, -0.15) is 42.1 Å². The first kappa shape index (κ1) is 80.7. The Morgan fingerprint density at radius 2 is 0.404 bits per heavy atom. The van der Waals surface area contributed by atoms with Crippen LogP contribution in [0.5, 0.6) is 0 Å². The van der Waals surface area contributed by atoms with Gasteiger partial charge in [0.25, 0.3) is 0 Å². The van der Waals surface area contributed by atoms with Gasteiger partial charge in [0.2, 0.25) is 0 Å². The second-order valence-electron chi connectivity index (χ2n) is 32.5. The summed E-state index contributed by atoms with van der Waals surface area (Å²) in [7, 11) is 0. The molecule has 0 atom stereocenters. The number of benzene rings is 15. The first-order chi connectivity index (χ1) is 66.9. The molecule has 20 heteroatoms. The van der Waals surface area contributed by atoms with E-state index < -0.39 is 0 Å². The largest absolute Gasteiger partial charge is 0.310 e. The maximum absolute atomic E-state index is 9.87. The minimum Gasteiger partial charge on any atom is -0.310 e. The SMILES string of the molecule is N#Cc1cccc(-c2c(-n3c4ccccc4c4cc(C#N)ccc43)cncc2-n2c3ccccc3c3cc(C#N)ccc32)c1.N#Cc1cccc(-c2c(-n3c4ccccc4c4ccc(C#N)cc43)cncc2-n2c3ccccc3c3ccc(C#N)cc32)c1.[C-]#[N+]c1cccc(-c2c(-n3c4cc(C#N)ccc4c4ccc(C#N)cc43)cncc2-n2c3cc([N+]#[C-])ccc3c3ccc([N+]#[C-])cc32)c1. The van der Waals surface area contributed by atoms with Crippen molar-refractivity contribution in [3.05, 3.63) is 431 Å². The van der Waals surface area contributed by atoms with Crippen molar-refractivity contribution in [2.45, 2.75) is 0 Å². The van der Waals surface area contributed by atoms with Crippen molar-refractivity contribution in [3.63, 3.8) is 0 Å². The molecular weight excluding hydrogens is 1670 g/mol. The summed E-state index contributed by atoms with van der Waals surface area (Å²) in [6.45, 7) is 23.3. The topological polar surface area (TPSA) is 272 Å². The van der Waals surface area contributed by atoms with Crippen molar-refractivity contribution in [2.75, 3.05) is 0 Å². The predicted molar refractivity (Wildman–Crippen MR) is 532 cm³/mol. The molecule has 0 saturated carbocycles. The minimum absolute atomic E-state index is 0.453. The zero-order chi connectivity index (χ0) is 92.5. The van der Waals surface area contributed by atoms with Crippen LogP contribution >= 0.6 is 0 Å². The molecule has 24 aromatic rings. The number of aromatic nitrogens is 9. The van der Waals surface area contributed by atoms with Crippen molar-refractivity contribution >= 4 is 148 Å². The molecule has 0 amide bonds. The highest BCUT2D eigenvalue weighted by molar-refractivity contribution is 6.17. The maximum atomic E-state index is 9.87. The van der Waals surface area contributed by atoms with Crippen molar-refractivity contribution in [2.24, 2.45) is 0 Å². The summed E-state index contributed by atoms with van der Waals surface area (Å²) in [5, 5.41) is 90.2. The van der Waals surface area contributed by atoms with Crippen molar-refractivity contribution in [1.29, 1.82) is 42.1 Å². The highest BCUT2D eigenvalue weighted by Gasteiger charge is 2.29. The van der Waals surface area contributed by atoms with E-state index in [0.717, 1.165) is 187 Å². The Morgan fingerprint density at radius 1 is 0.184 bits per heavy atom.